The maximum absolute atomic E-state index is 11.9. The molecule has 7 nitrogen and oxygen atoms in total. The maximum Gasteiger partial charge on any atom is 0.311 e. The number of nitro groups is 1. The first-order valence-electron chi connectivity index (χ1n) is 8.19. The van der Waals surface area contributed by atoms with Crippen molar-refractivity contribution in [2.45, 2.75) is 42.6 Å². The van der Waals surface area contributed by atoms with Gasteiger partial charge in [0.15, 0.2) is 9.84 Å². The van der Waals surface area contributed by atoms with Gasteiger partial charge in [0.1, 0.15) is 10.6 Å². The molecule has 1 aromatic carbocycles. The van der Waals surface area contributed by atoms with Crippen molar-refractivity contribution in [3.05, 3.63) is 28.3 Å². The molecule has 0 unspecified atom stereocenters. The minimum atomic E-state index is -3.67. The highest BCUT2D eigenvalue weighted by Crippen LogP contribution is 2.40. The Hall–Kier alpha value is -1.67. The summed E-state index contributed by atoms with van der Waals surface area (Å²) in [5.74, 6) is 0. The van der Waals surface area contributed by atoms with E-state index in [0.29, 0.717) is 25.4 Å². The largest absolute Gasteiger partial charge is 0.371 e. The van der Waals surface area contributed by atoms with E-state index in [1.807, 2.05) is 4.90 Å². The average molecular weight is 354 g/mol. The van der Waals surface area contributed by atoms with Gasteiger partial charge in [0.05, 0.1) is 17.1 Å². The van der Waals surface area contributed by atoms with E-state index in [2.05, 4.69) is 0 Å². The van der Waals surface area contributed by atoms with Crippen LogP contribution in [0.5, 0.6) is 0 Å². The van der Waals surface area contributed by atoms with Crippen LogP contribution in [0.1, 0.15) is 32.1 Å². The Labute approximate surface area is 141 Å². The van der Waals surface area contributed by atoms with Crippen molar-refractivity contribution >= 4 is 21.2 Å². The summed E-state index contributed by atoms with van der Waals surface area (Å²) in [5, 5.41) is 11.6. The molecule has 8 heteroatoms. The molecule has 2 aliphatic rings. The minimum absolute atomic E-state index is 0.228. The van der Waals surface area contributed by atoms with Crippen molar-refractivity contribution in [2.75, 3.05) is 30.9 Å². The molecule has 0 bridgehead atoms. The van der Waals surface area contributed by atoms with Crippen LogP contribution in [0.4, 0.5) is 11.4 Å². The van der Waals surface area contributed by atoms with Crippen LogP contribution < -0.4 is 4.90 Å². The van der Waals surface area contributed by atoms with Crippen LogP contribution in [0.15, 0.2) is 23.1 Å². The number of para-hydroxylation sites is 1. The maximum atomic E-state index is 11.9. The van der Waals surface area contributed by atoms with Crippen LogP contribution in [0.3, 0.4) is 0 Å². The number of ether oxygens (including phenoxy) is 1. The summed E-state index contributed by atoms with van der Waals surface area (Å²) in [6.07, 6.45) is 6.28. The molecule has 0 atom stereocenters. The molecule has 3 rings (SSSR count). The number of nitro benzene ring substituents is 1. The summed E-state index contributed by atoms with van der Waals surface area (Å²) in [5.41, 5.74) is -0.213. The molecule has 1 heterocycles. The molecule has 1 aliphatic heterocycles. The fraction of sp³-hybridized carbons (Fsp3) is 0.625. The average Bonchev–Trinajstić information content (AvgIpc) is 2.54. The molecular formula is C16H22N2O5S. The first-order chi connectivity index (χ1) is 11.3. The second-order valence-electron chi connectivity index (χ2n) is 6.67. The smallest absolute Gasteiger partial charge is 0.311 e. The van der Waals surface area contributed by atoms with E-state index in [1.165, 1.54) is 12.5 Å². The van der Waals surface area contributed by atoms with E-state index in [0.717, 1.165) is 31.9 Å². The topological polar surface area (TPSA) is 89.8 Å². The van der Waals surface area contributed by atoms with Crippen LogP contribution in [-0.2, 0) is 14.6 Å². The molecular weight excluding hydrogens is 332 g/mol. The quantitative estimate of drug-likeness (QED) is 0.612. The summed E-state index contributed by atoms with van der Waals surface area (Å²) < 4.78 is 29.9. The normalized spacial score (nSPS) is 21.0. The molecule has 1 saturated heterocycles. The van der Waals surface area contributed by atoms with Crippen LogP contribution >= 0.6 is 0 Å². The molecule has 0 N–H and O–H groups in total. The van der Waals surface area contributed by atoms with Gasteiger partial charge in [-0.1, -0.05) is 25.3 Å². The van der Waals surface area contributed by atoms with Crippen molar-refractivity contribution in [3.63, 3.8) is 0 Å². The number of sulfone groups is 1. The van der Waals surface area contributed by atoms with Gasteiger partial charge < -0.3 is 9.64 Å². The third-order valence-electron chi connectivity index (χ3n) is 4.91. The summed E-state index contributed by atoms with van der Waals surface area (Å²) in [7, 11) is -3.67. The van der Waals surface area contributed by atoms with Crippen LogP contribution in [0, 0.1) is 10.1 Å². The van der Waals surface area contributed by atoms with Gasteiger partial charge in [0.2, 0.25) is 0 Å². The van der Waals surface area contributed by atoms with Gasteiger partial charge in [-0.3, -0.25) is 10.1 Å². The molecule has 1 aromatic rings. The van der Waals surface area contributed by atoms with E-state index in [-0.39, 0.29) is 16.2 Å². The predicted octanol–water partition coefficient (Wildman–Crippen LogP) is 2.54. The molecule has 0 radical (unpaired) electrons. The lowest BCUT2D eigenvalue weighted by Gasteiger charge is -2.45. The van der Waals surface area contributed by atoms with Crippen molar-refractivity contribution in [3.8, 4) is 0 Å². The number of hydrogen-bond donors (Lipinski definition) is 0. The highest BCUT2D eigenvalue weighted by atomic mass is 32.2. The lowest BCUT2D eigenvalue weighted by atomic mass is 9.83. The SMILES string of the molecule is CS(=O)(=O)c1cccc(N2CCOC3(CCCCC3)C2)c1[N+](=O)[O-]. The number of hydrogen-bond acceptors (Lipinski definition) is 6. The Balaban J connectivity index is 2.01. The number of anilines is 1. The van der Waals surface area contributed by atoms with Crippen molar-refractivity contribution in [2.24, 2.45) is 0 Å². The van der Waals surface area contributed by atoms with Gasteiger partial charge >= 0.3 is 5.69 Å². The Morgan fingerprint density at radius 3 is 2.58 bits per heavy atom. The lowest BCUT2D eigenvalue weighted by molar-refractivity contribution is -0.387. The van der Waals surface area contributed by atoms with Gasteiger partial charge in [0, 0.05) is 19.3 Å². The Bertz CT molecular complexity index is 735. The number of rotatable bonds is 3. The zero-order valence-corrected chi connectivity index (χ0v) is 14.5. The van der Waals surface area contributed by atoms with E-state index >= 15 is 0 Å². The zero-order valence-electron chi connectivity index (χ0n) is 13.7. The first kappa shape index (κ1) is 17.2. The molecule has 1 saturated carbocycles. The Morgan fingerprint density at radius 2 is 1.96 bits per heavy atom. The Kier molecular flexibility index (Phi) is 4.52. The van der Waals surface area contributed by atoms with Crippen LogP contribution in [0.25, 0.3) is 0 Å². The summed E-state index contributed by atoms with van der Waals surface area (Å²) in [4.78, 5) is 12.7. The second-order valence-corrected chi connectivity index (χ2v) is 8.65. The molecule has 0 aromatic heterocycles. The van der Waals surface area contributed by atoms with Crippen LogP contribution in [-0.4, -0.2) is 44.9 Å². The molecule has 1 spiro atoms. The van der Waals surface area contributed by atoms with Crippen molar-refractivity contribution < 1.29 is 18.1 Å². The molecule has 1 aliphatic carbocycles. The number of morpholine rings is 1. The molecule has 0 amide bonds. The highest BCUT2D eigenvalue weighted by Gasteiger charge is 2.40. The van der Waals surface area contributed by atoms with Crippen LogP contribution in [0.2, 0.25) is 0 Å². The van der Waals surface area contributed by atoms with Crippen molar-refractivity contribution in [1.82, 2.24) is 0 Å². The second kappa shape index (κ2) is 6.33. The van der Waals surface area contributed by atoms with Gasteiger partial charge in [-0.15, -0.1) is 0 Å². The van der Waals surface area contributed by atoms with E-state index < -0.39 is 14.8 Å². The third-order valence-corrected chi connectivity index (χ3v) is 6.04. The van der Waals surface area contributed by atoms with E-state index in [1.54, 1.807) is 12.1 Å². The summed E-state index contributed by atoms with van der Waals surface area (Å²) >= 11 is 0. The van der Waals surface area contributed by atoms with Gasteiger partial charge in [-0.25, -0.2) is 8.42 Å². The molecule has 2 fully saturated rings. The van der Waals surface area contributed by atoms with Gasteiger partial charge in [-0.05, 0) is 25.0 Å². The fourth-order valence-corrected chi connectivity index (χ4v) is 4.65. The Morgan fingerprint density at radius 1 is 1.25 bits per heavy atom. The third kappa shape index (κ3) is 3.25. The number of benzene rings is 1. The van der Waals surface area contributed by atoms with Gasteiger partial charge in [-0.2, -0.15) is 0 Å². The van der Waals surface area contributed by atoms with Crippen molar-refractivity contribution in [1.29, 1.82) is 0 Å². The fourth-order valence-electron chi connectivity index (χ4n) is 3.80. The first-order valence-corrected chi connectivity index (χ1v) is 10.1. The van der Waals surface area contributed by atoms with E-state index in [4.69, 9.17) is 4.74 Å². The summed E-state index contributed by atoms with van der Waals surface area (Å²) in [6.45, 7) is 1.59. The zero-order chi connectivity index (χ0) is 17.4. The number of nitrogens with zero attached hydrogens (tertiary/aromatic N) is 2. The highest BCUT2D eigenvalue weighted by molar-refractivity contribution is 7.90. The summed E-state index contributed by atoms with van der Waals surface area (Å²) in [6, 6.07) is 4.50. The van der Waals surface area contributed by atoms with E-state index in [9.17, 15) is 18.5 Å². The minimum Gasteiger partial charge on any atom is -0.371 e. The molecule has 132 valence electrons. The monoisotopic (exact) mass is 354 g/mol. The van der Waals surface area contributed by atoms with Gasteiger partial charge in [0.25, 0.3) is 0 Å². The standard InChI is InChI=1S/C16H22N2O5S/c1-24(21,22)14-7-5-6-13(15(14)18(19)20)17-10-11-23-16(12-17)8-3-2-4-9-16/h5-7H,2-4,8-12H2,1H3. The lowest BCUT2D eigenvalue weighted by Crippen LogP contribution is -2.53. The predicted molar refractivity (Wildman–Crippen MR) is 90.2 cm³/mol. The molecule has 24 heavy (non-hydrogen) atoms.